The van der Waals surface area contributed by atoms with Crippen molar-refractivity contribution in [1.82, 2.24) is 19.9 Å². The maximum Gasteiger partial charge on any atom is 0.219 e. The van der Waals surface area contributed by atoms with Crippen molar-refractivity contribution in [2.24, 2.45) is 0 Å². The van der Waals surface area contributed by atoms with E-state index in [9.17, 15) is 4.79 Å². The highest BCUT2D eigenvalue weighted by molar-refractivity contribution is 5.74. The third-order valence-electron chi connectivity index (χ3n) is 4.63. The number of aromatic nitrogens is 3. The van der Waals surface area contributed by atoms with Gasteiger partial charge in [-0.3, -0.25) is 9.78 Å². The Balaban J connectivity index is 2.01. The molecule has 7 nitrogen and oxygen atoms in total. The van der Waals surface area contributed by atoms with Gasteiger partial charge in [0.2, 0.25) is 5.91 Å². The number of hydrogen-bond acceptors (Lipinski definition) is 6. The Bertz CT molecular complexity index is 766. The molecule has 2 aromatic rings. The number of nitrogens with zero attached hydrogens (tertiary/aromatic N) is 4. The zero-order valence-electron chi connectivity index (χ0n) is 15.5. The number of amides is 1. The van der Waals surface area contributed by atoms with Crippen LogP contribution in [0.25, 0.3) is 11.4 Å². The van der Waals surface area contributed by atoms with Crippen molar-refractivity contribution in [3.63, 3.8) is 0 Å². The van der Waals surface area contributed by atoms with Crippen LogP contribution in [0.3, 0.4) is 0 Å². The van der Waals surface area contributed by atoms with Gasteiger partial charge in [-0.15, -0.1) is 0 Å². The Morgan fingerprint density at radius 3 is 2.92 bits per heavy atom. The predicted octanol–water partition coefficient (Wildman–Crippen LogP) is 2.28. The van der Waals surface area contributed by atoms with Gasteiger partial charge in [-0.2, -0.15) is 0 Å². The van der Waals surface area contributed by atoms with E-state index < -0.39 is 0 Å². The molecule has 7 heteroatoms. The maximum absolute atomic E-state index is 11.8. The van der Waals surface area contributed by atoms with Crippen LogP contribution >= 0.6 is 0 Å². The standard InChI is InChI=1S/C19H25N5O2/c1-4-15(12-26-3)21-19-16-7-9-24(13(2)25)11-17(16)22-18(23-19)14-6-5-8-20-10-14/h5-6,8,10,15H,4,7,9,11-12H2,1-3H3,(H,21,22,23). The van der Waals surface area contributed by atoms with Crippen LogP contribution in [0, 0.1) is 0 Å². The largest absolute Gasteiger partial charge is 0.383 e. The van der Waals surface area contributed by atoms with Gasteiger partial charge in [0.05, 0.1) is 24.9 Å². The zero-order chi connectivity index (χ0) is 18.5. The highest BCUT2D eigenvalue weighted by Gasteiger charge is 2.25. The van der Waals surface area contributed by atoms with Crippen molar-refractivity contribution in [3.8, 4) is 11.4 Å². The summed E-state index contributed by atoms with van der Waals surface area (Å²) in [7, 11) is 1.70. The molecule has 1 atom stereocenters. The van der Waals surface area contributed by atoms with Crippen molar-refractivity contribution in [2.75, 3.05) is 25.6 Å². The molecule has 2 aromatic heterocycles. The summed E-state index contributed by atoms with van der Waals surface area (Å²) in [4.78, 5) is 27.3. The van der Waals surface area contributed by atoms with Crippen molar-refractivity contribution in [1.29, 1.82) is 0 Å². The van der Waals surface area contributed by atoms with Crippen molar-refractivity contribution in [2.45, 2.75) is 39.3 Å². The molecule has 0 aliphatic carbocycles. The minimum atomic E-state index is 0.0671. The van der Waals surface area contributed by atoms with Crippen molar-refractivity contribution >= 4 is 11.7 Å². The third-order valence-corrected chi connectivity index (χ3v) is 4.63. The van der Waals surface area contributed by atoms with Crippen LogP contribution in [-0.2, 0) is 22.5 Å². The van der Waals surface area contributed by atoms with E-state index in [1.807, 2.05) is 17.0 Å². The number of anilines is 1. The number of methoxy groups -OCH3 is 1. The minimum Gasteiger partial charge on any atom is -0.383 e. The van der Waals surface area contributed by atoms with Crippen LogP contribution in [0.15, 0.2) is 24.5 Å². The van der Waals surface area contributed by atoms with Gasteiger partial charge in [0.1, 0.15) is 5.82 Å². The fourth-order valence-corrected chi connectivity index (χ4v) is 3.10. The number of fused-ring (bicyclic) bond motifs is 1. The predicted molar refractivity (Wildman–Crippen MR) is 99.6 cm³/mol. The third kappa shape index (κ3) is 3.99. The molecule has 0 bridgehead atoms. The summed E-state index contributed by atoms with van der Waals surface area (Å²) >= 11 is 0. The highest BCUT2D eigenvalue weighted by Crippen LogP contribution is 2.27. The van der Waals surface area contributed by atoms with Gasteiger partial charge in [-0.25, -0.2) is 9.97 Å². The number of carbonyl (C=O) groups is 1. The highest BCUT2D eigenvalue weighted by atomic mass is 16.5. The van der Waals surface area contributed by atoms with Gasteiger partial charge in [0.25, 0.3) is 0 Å². The summed E-state index contributed by atoms with van der Waals surface area (Å²) in [5.74, 6) is 1.52. The van der Waals surface area contributed by atoms with Crippen LogP contribution in [0.4, 0.5) is 5.82 Å². The van der Waals surface area contributed by atoms with Crippen LogP contribution in [0.5, 0.6) is 0 Å². The first kappa shape index (κ1) is 18.3. The maximum atomic E-state index is 11.8. The summed E-state index contributed by atoms with van der Waals surface area (Å²) < 4.78 is 5.31. The fourth-order valence-electron chi connectivity index (χ4n) is 3.10. The van der Waals surface area contributed by atoms with Gasteiger partial charge < -0.3 is 15.0 Å². The molecule has 0 saturated carbocycles. The molecule has 138 valence electrons. The van der Waals surface area contributed by atoms with E-state index in [2.05, 4.69) is 17.2 Å². The van der Waals surface area contributed by atoms with Gasteiger partial charge in [-0.1, -0.05) is 6.92 Å². The van der Waals surface area contributed by atoms with Gasteiger partial charge in [-0.05, 0) is 25.0 Å². The van der Waals surface area contributed by atoms with Crippen LogP contribution in [0.2, 0.25) is 0 Å². The first-order valence-corrected chi connectivity index (χ1v) is 8.93. The Kier molecular flexibility index (Phi) is 5.78. The Labute approximate surface area is 153 Å². The van der Waals surface area contributed by atoms with Crippen molar-refractivity contribution < 1.29 is 9.53 Å². The van der Waals surface area contributed by atoms with Crippen molar-refractivity contribution in [3.05, 3.63) is 35.8 Å². The molecular formula is C19H25N5O2. The van der Waals surface area contributed by atoms with E-state index in [1.54, 1.807) is 26.4 Å². The number of pyridine rings is 1. The van der Waals surface area contributed by atoms with E-state index in [0.717, 1.165) is 35.5 Å². The lowest BCUT2D eigenvalue weighted by Gasteiger charge is -2.29. The molecular weight excluding hydrogens is 330 g/mol. The summed E-state index contributed by atoms with van der Waals surface area (Å²) in [5.41, 5.74) is 2.85. The molecule has 0 aromatic carbocycles. The summed E-state index contributed by atoms with van der Waals surface area (Å²) in [5, 5.41) is 3.51. The van der Waals surface area contributed by atoms with Gasteiger partial charge in [0.15, 0.2) is 5.82 Å². The molecule has 1 amide bonds. The molecule has 1 unspecified atom stereocenters. The van der Waals surface area contributed by atoms with Gasteiger partial charge in [0, 0.05) is 44.1 Å². The van der Waals surface area contributed by atoms with Crippen LogP contribution < -0.4 is 5.32 Å². The molecule has 3 heterocycles. The topological polar surface area (TPSA) is 80.2 Å². The quantitative estimate of drug-likeness (QED) is 0.856. The smallest absolute Gasteiger partial charge is 0.219 e. The zero-order valence-corrected chi connectivity index (χ0v) is 15.5. The number of ether oxygens (including phenoxy) is 1. The lowest BCUT2D eigenvalue weighted by Crippen LogP contribution is -2.36. The van der Waals surface area contributed by atoms with E-state index in [0.29, 0.717) is 25.5 Å². The number of hydrogen-bond donors (Lipinski definition) is 1. The average Bonchev–Trinajstić information content (AvgIpc) is 2.67. The second kappa shape index (κ2) is 8.23. The first-order chi connectivity index (χ1) is 12.6. The van der Waals surface area contributed by atoms with Crippen LogP contribution in [0.1, 0.15) is 31.5 Å². The van der Waals surface area contributed by atoms with E-state index in [-0.39, 0.29) is 11.9 Å². The lowest BCUT2D eigenvalue weighted by atomic mass is 10.0. The van der Waals surface area contributed by atoms with Gasteiger partial charge >= 0.3 is 0 Å². The van der Waals surface area contributed by atoms with Crippen LogP contribution in [-0.4, -0.2) is 52.1 Å². The normalized spacial score (nSPS) is 14.7. The molecule has 0 fully saturated rings. The van der Waals surface area contributed by atoms with E-state index >= 15 is 0 Å². The fraction of sp³-hybridized carbons (Fsp3) is 0.474. The summed E-state index contributed by atoms with van der Waals surface area (Å²) in [6.45, 7) is 5.52. The number of nitrogens with one attached hydrogen (secondary N) is 1. The lowest BCUT2D eigenvalue weighted by molar-refractivity contribution is -0.129. The molecule has 0 radical (unpaired) electrons. The summed E-state index contributed by atoms with van der Waals surface area (Å²) in [6, 6.07) is 3.98. The molecule has 0 spiro atoms. The molecule has 0 saturated heterocycles. The Hall–Kier alpha value is -2.54. The minimum absolute atomic E-state index is 0.0671. The molecule has 1 N–H and O–H groups in total. The molecule has 1 aliphatic heterocycles. The van der Waals surface area contributed by atoms with E-state index in [4.69, 9.17) is 14.7 Å². The second-order valence-electron chi connectivity index (χ2n) is 6.46. The first-order valence-electron chi connectivity index (χ1n) is 8.93. The number of carbonyl (C=O) groups excluding carboxylic acids is 1. The second-order valence-corrected chi connectivity index (χ2v) is 6.46. The summed E-state index contributed by atoms with van der Waals surface area (Å²) in [6.07, 6.45) is 5.15. The SMILES string of the molecule is CCC(COC)Nc1nc(-c2cccnc2)nc2c1CCN(C(C)=O)C2. The number of rotatable bonds is 6. The Morgan fingerprint density at radius 1 is 1.42 bits per heavy atom. The molecule has 26 heavy (non-hydrogen) atoms. The Morgan fingerprint density at radius 2 is 2.27 bits per heavy atom. The van der Waals surface area contributed by atoms with E-state index in [1.165, 1.54) is 0 Å². The molecule has 1 aliphatic rings. The average molecular weight is 355 g/mol. The molecule has 3 rings (SSSR count). The monoisotopic (exact) mass is 355 g/mol.